The highest BCUT2D eigenvalue weighted by Crippen LogP contribution is 2.00. The fourth-order valence-electron chi connectivity index (χ4n) is 1.42. The summed E-state index contributed by atoms with van der Waals surface area (Å²) in [5.41, 5.74) is 4.01. The van der Waals surface area contributed by atoms with E-state index in [2.05, 4.69) is 10.6 Å². The molecule has 0 spiro atoms. The Morgan fingerprint density at radius 1 is 0.550 bits per heavy atom. The van der Waals surface area contributed by atoms with Crippen LogP contribution in [0.25, 0.3) is 0 Å². The molecule has 0 aliphatic carbocycles. The van der Waals surface area contributed by atoms with Gasteiger partial charge in [0.1, 0.15) is 5.78 Å². The summed E-state index contributed by atoms with van der Waals surface area (Å²) in [6.45, 7) is -0.470. The van der Waals surface area contributed by atoms with Crippen molar-refractivity contribution in [3.05, 3.63) is 0 Å². The smallest absolute Gasteiger partial charge is 0.330 e. The molecule has 20 heavy (non-hydrogen) atoms. The zero-order chi connectivity index (χ0) is 15.0. The minimum atomic E-state index is -0.763. The topological polar surface area (TPSA) is 133 Å². The quantitative estimate of drug-likeness (QED) is 0.442. The second-order valence-corrected chi connectivity index (χ2v) is 4.23. The van der Waals surface area contributed by atoms with Crippen LogP contribution in [0.4, 0.5) is 9.59 Å². The first kappa shape index (κ1) is 15.6. The summed E-state index contributed by atoms with van der Waals surface area (Å²) in [6.07, 6.45) is 0.107. The van der Waals surface area contributed by atoms with Crippen LogP contribution in [0.2, 0.25) is 0 Å². The number of Topliss-reactive ketones (excluding diaryl/α,β-unsaturated/α-hetero) is 3. The Kier molecular flexibility index (Phi) is 6.14. The third-order valence-electron chi connectivity index (χ3n) is 2.55. The van der Waals surface area contributed by atoms with Crippen molar-refractivity contribution in [3.63, 3.8) is 0 Å². The maximum absolute atomic E-state index is 11.4. The van der Waals surface area contributed by atoms with Crippen molar-refractivity contribution in [1.82, 2.24) is 21.5 Å². The molecule has 9 heteroatoms. The molecular formula is C11H16N4O5. The van der Waals surface area contributed by atoms with Crippen molar-refractivity contribution in [1.29, 1.82) is 0 Å². The molecule has 110 valence electrons. The molecule has 0 saturated carbocycles. The van der Waals surface area contributed by atoms with E-state index in [-0.39, 0.29) is 56.1 Å². The van der Waals surface area contributed by atoms with E-state index in [4.69, 9.17) is 0 Å². The highest BCUT2D eigenvalue weighted by atomic mass is 16.2. The van der Waals surface area contributed by atoms with E-state index in [1.807, 2.05) is 10.9 Å². The zero-order valence-electron chi connectivity index (χ0n) is 10.8. The molecule has 0 bridgehead atoms. The van der Waals surface area contributed by atoms with Crippen LogP contribution in [0.1, 0.15) is 25.7 Å². The lowest BCUT2D eigenvalue weighted by Crippen LogP contribution is -2.51. The van der Waals surface area contributed by atoms with Crippen LogP contribution in [0.3, 0.4) is 0 Å². The van der Waals surface area contributed by atoms with Crippen molar-refractivity contribution >= 4 is 29.4 Å². The molecule has 0 unspecified atom stereocenters. The Balaban J connectivity index is 2.56. The van der Waals surface area contributed by atoms with Gasteiger partial charge in [0.2, 0.25) is 0 Å². The monoisotopic (exact) mass is 284 g/mol. The van der Waals surface area contributed by atoms with Gasteiger partial charge in [0.25, 0.3) is 0 Å². The molecule has 0 aromatic rings. The number of hydrazine groups is 1. The SMILES string of the molecule is O=C1CCC(=O)CNC(=O)NNC(=O)NCC(=O)CC1. The van der Waals surface area contributed by atoms with Crippen LogP contribution in [-0.2, 0) is 14.4 Å². The van der Waals surface area contributed by atoms with E-state index in [9.17, 15) is 24.0 Å². The summed E-state index contributed by atoms with van der Waals surface area (Å²) >= 11 is 0. The van der Waals surface area contributed by atoms with Crippen LogP contribution in [0, 0.1) is 0 Å². The third-order valence-corrected chi connectivity index (χ3v) is 2.55. The molecule has 1 aliphatic rings. The highest BCUT2D eigenvalue weighted by molar-refractivity contribution is 5.92. The molecule has 4 amide bonds. The van der Waals surface area contributed by atoms with Crippen LogP contribution in [0.15, 0.2) is 0 Å². The molecule has 0 aromatic carbocycles. The minimum absolute atomic E-state index is 0.0118. The molecule has 1 saturated heterocycles. The van der Waals surface area contributed by atoms with Gasteiger partial charge in [-0.1, -0.05) is 0 Å². The first-order valence-electron chi connectivity index (χ1n) is 6.10. The zero-order valence-corrected chi connectivity index (χ0v) is 10.8. The summed E-state index contributed by atoms with van der Waals surface area (Å²) in [4.78, 5) is 56.6. The van der Waals surface area contributed by atoms with Gasteiger partial charge in [-0.05, 0) is 0 Å². The van der Waals surface area contributed by atoms with Gasteiger partial charge in [0, 0.05) is 25.7 Å². The van der Waals surface area contributed by atoms with E-state index in [1.165, 1.54) is 0 Å². The van der Waals surface area contributed by atoms with Gasteiger partial charge in [0.05, 0.1) is 13.1 Å². The first-order valence-corrected chi connectivity index (χ1v) is 6.10. The molecule has 1 aliphatic heterocycles. The van der Waals surface area contributed by atoms with Gasteiger partial charge >= 0.3 is 12.1 Å². The average Bonchev–Trinajstić information content (AvgIpc) is 2.43. The van der Waals surface area contributed by atoms with Crippen molar-refractivity contribution in [2.45, 2.75) is 25.7 Å². The molecular weight excluding hydrogens is 268 g/mol. The summed E-state index contributed by atoms with van der Waals surface area (Å²) in [7, 11) is 0. The number of hydrogen-bond acceptors (Lipinski definition) is 5. The third kappa shape index (κ3) is 6.47. The molecule has 0 atom stereocenters. The predicted molar refractivity (Wildman–Crippen MR) is 66.6 cm³/mol. The molecule has 9 nitrogen and oxygen atoms in total. The molecule has 1 heterocycles. The standard InChI is InChI=1S/C11H16N4O5/c16-7-1-3-8(17)5-12-10(19)14-15-11(20)13-6-9(18)4-2-7/h1-6H2,(H2,12,14,19)(H2,13,15,20). The van der Waals surface area contributed by atoms with E-state index in [0.29, 0.717) is 0 Å². The van der Waals surface area contributed by atoms with E-state index in [1.54, 1.807) is 0 Å². The van der Waals surface area contributed by atoms with Crippen molar-refractivity contribution < 1.29 is 24.0 Å². The summed E-state index contributed by atoms with van der Waals surface area (Å²) in [6, 6.07) is -1.53. The first-order chi connectivity index (χ1) is 9.47. The number of amides is 4. The number of ketones is 3. The van der Waals surface area contributed by atoms with Gasteiger partial charge in [0.15, 0.2) is 11.6 Å². The molecule has 1 rings (SSSR count). The Morgan fingerprint density at radius 2 is 0.900 bits per heavy atom. The Hall–Kier alpha value is -2.45. The summed E-state index contributed by atoms with van der Waals surface area (Å²) in [5.74, 6) is -0.811. The Labute approximate surface area is 114 Å². The van der Waals surface area contributed by atoms with Crippen LogP contribution >= 0.6 is 0 Å². The van der Waals surface area contributed by atoms with Gasteiger partial charge in [-0.15, -0.1) is 0 Å². The number of carbonyl (C=O) groups is 5. The fraction of sp³-hybridized carbons (Fsp3) is 0.545. The van der Waals surface area contributed by atoms with Crippen LogP contribution in [0.5, 0.6) is 0 Å². The fourth-order valence-corrected chi connectivity index (χ4v) is 1.42. The minimum Gasteiger partial charge on any atom is -0.330 e. The van der Waals surface area contributed by atoms with E-state index >= 15 is 0 Å². The van der Waals surface area contributed by atoms with Gasteiger partial charge in [-0.25, -0.2) is 20.4 Å². The average molecular weight is 284 g/mol. The largest absolute Gasteiger partial charge is 0.333 e. The molecule has 0 aromatic heterocycles. The Bertz CT molecular complexity index is 312. The van der Waals surface area contributed by atoms with Crippen molar-refractivity contribution in [2.75, 3.05) is 13.1 Å². The number of urea groups is 2. The van der Waals surface area contributed by atoms with E-state index in [0.717, 1.165) is 0 Å². The second kappa shape index (κ2) is 7.87. The van der Waals surface area contributed by atoms with Gasteiger partial charge in [-0.2, -0.15) is 0 Å². The Morgan fingerprint density at radius 3 is 1.30 bits per heavy atom. The second-order valence-electron chi connectivity index (χ2n) is 4.23. The predicted octanol–water partition coefficient (Wildman–Crippen LogP) is -1.22. The molecule has 4 N–H and O–H groups in total. The van der Waals surface area contributed by atoms with Crippen LogP contribution in [-0.4, -0.2) is 42.5 Å². The number of hydrogen-bond donors (Lipinski definition) is 4. The van der Waals surface area contributed by atoms with Crippen molar-refractivity contribution in [3.8, 4) is 0 Å². The highest BCUT2D eigenvalue weighted by Gasteiger charge is 2.13. The van der Waals surface area contributed by atoms with Crippen LogP contribution < -0.4 is 21.5 Å². The maximum atomic E-state index is 11.4. The number of nitrogens with one attached hydrogen (secondary N) is 4. The van der Waals surface area contributed by atoms with Gasteiger partial charge < -0.3 is 10.6 Å². The molecule has 1 fully saturated rings. The lowest BCUT2D eigenvalue weighted by Gasteiger charge is -2.08. The van der Waals surface area contributed by atoms with Crippen molar-refractivity contribution in [2.24, 2.45) is 0 Å². The molecule has 0 radical (unpaired) electrons. The number of carbonyl (C=O) groups excluding carboxylic acids is 5. The maximum Gasteiger partial charge on any atom is 0.333 e. The summed E-state index contributed by atoms with van der Waals surface area (Å²) < 4.78 is 0. The van der Waals surface area contributed by atoms with Gasteiger partial charge in [-0.3, -0.25) is 14.4 Å². The normalized spacial score (nSPS) is 19.9. The summed E-state index contributed by atoms with van der Waals surface area (Å²) in [5, 5.41) is 4.45. The van der Waals surface area contributed by atoms with E-state index < -0.39 is 12.1 Å². The lowest BCUT2D eigenvalue weighted by molar-refractivity contribution is -0.125. The number of rotatable bonds is 0. The lowest BCUT2D eigenvalue weighted by atomic mass is 10.1.